The molecular formula is C12H20N2OS. The van der Waals surface area contributed by atoms with Crippen LogP contribution in [0.15, 0.2) is 6.20 Å². The Labute approximate surface area is 101 Å². The Balaban J connectivity index is 1.69. The van der Waals surface area contributed by atoms with Crippen LogP contribution in [-0.2, 0) is 4.74 Å². The lowest BCUT2D eigenvalue weighted by Gasteiger charge is -2.11. The highest BCUT2D eigenvalue weighted by Gasteiger charge is 2.16. The summed E-state index contributed by atoms with van der Waals surface area (Å²) in [6, 6.07) is 0.160. The van der Waals surface area contributed by atoms with Gasteiger partial charge in [0.15, 0.2) is 0 Å². The number of nitrogens with zero attached hydrogens (tertiary/aromatic N) is 1. The first kappa shape index (κ1) is 12.0. The SMILES string of the molecule is Cc1ncc(C(N)CCCC2CCCO2)s1. The number of thiazole rings is 1. The van der Waals surface area contributed by atoms with E-state index in [2.05, 4.69) is 4.98 Å². The van der Waals surface area contributed by atoms with E-state index >= 15 is 0 Å². The van der Waals surface area contributed by atoms with Crippen molar-refractivity contribution in [1.29, 1.82) is 0 Å². The van der Waals surface area contributed by atoms with Crippen LogP contribution in [0.4, 0.5) is 0 Å². The summed E-state index contributed by atoms with van der Waals surface area (Å²) in [6.07, 6.45) is 8.22. The van der Waals surface area contributed by atoms with E-state index in [0.717, 1.165) is 30.9 Å². The molecule has 1 aliphatic heterocycles. The summed E-state index contributed by atoms with van der Waals surface area (Å²) in [5.41, 5.74) is 6.12. The predicted octanol–water partition coefficient (Wildman–Crippen LogP) is 2.80. The van der Waals surface area contributed by atoms with Crippen molar-refractivity contribution >= 4 is 11.3 Å². The number of aryl methyl sites for hydroxylation is 1. The molecule has 0 aromatic carbocycles. The van der Waals surface area contributed by atoms with Crippen LogP contribution in [-0.4, -0.2) is 17.7 Å². The lowest BCUT2D eigenvalue weighted by Crippen LogP contribution is -2.11. The van der Waals surface area contributed by atoms with Crippen LogP contribution >= 0.6 is 11.3 Å². The van der Waals surface area contributed by atoms with Gasteiger partial charge in [-0.1, -0.05) is 0 Å². The molecular weight excluding hydrogens is 220 g/mol. The van der Waals surface area contributed by atoms with Gasteiger partial charge in [0.05, 0.1) is 11.1 Å². The fourth-order valence-corrected chi connectivity index (χ4v) is 2.95. The zero-order valence-corrected chi connectivity index (χ0v) is 10.6. The molecule has 1 fully saturated rings. The molecule has 2 rings (SSSR count). The summed E-state index contributed by atoms with van der Waals surface area (Å²) in [4.78, 5) is 5.45. The third-order valence-corrected chi connectivity index (χ3v) is 4.11. The molecule has 1 aromatic rings. The van der Waals surface area contributed by atoms with E-state index in [-0.39, 0.29) is 6.04 Å². The van der Waals surface area contributed by atoms with Crippen LogP contribution in [0.2, 0.25) is 0 Å². The maximum atomic E-state index is 6.12. The minimum absolute atomic E-state index is 0.160. The molecule has 0 spiro atoms. The molecule has 2 N–H and O–H groups in total. The topological polar surface area (TPSA) is 48.1 Å². The van der Waals surface area contributed by atoms with Gasteiger partial charge in [-0.05, 0) is 39.0 Å². The Bertz CT molecular complexity index is 321. The molecule has 0 aliphatic carbocycles. The highest BCUT2D eigenvalue weighted by Crippen LogP contribution is 2.24. The van der Waals surface area contributed by atoms with Gasteiger partial charge in [0, 0.05) is 23.7 Å². The van der Waals surface area contributed by atoms with Gasteiger partial charge in [-0.25, -0.2) is 4.98 Å². The quantitative estimate of drug-likeness (QED) is 0.861. The highest BCUT2D eigenvalue weighted by molar-refractivity contribution is 7.11. The van der Waals surface area contributed by atoms with Crippen LogP contribution in [0.1, 0.15) is 48.0 Å². The Morgan fingerprint density at radius 2 is 2.56 bits per heavy atom. The van der Waals surface area contributed by atoms with Crippen molar-refractivity contribution in [3.8, 4) is 0 Å². The van der Waals surface area contributed by atoms with E-state index in [1.807, 2.05) is 13.1 Å². The third-order valence-electron chi connectivity index (χ3n) is 3.07. The molecule has 0 amide bonds. The largest absolute Gasteiger partial charge is 0.378 e. The van der Waals surface area contributed by atoms with E-state index in [0.29, 0.717) is 6.10 Å². The maximum Gasteiger partial charge on any atom is 0.0897 e. The molecule has 0 bridgehead atoms. The van der Waals surface area contributed by atoms with Crippen molar-refractivity contribution in [3.63, 3.8) is 0 Å². The second kappa shape index (κ2) is 5.75. The highest BCUT2D eigenvalue weighted by atomic mass is 32.1. The minimum Gasteiger partial charge on any atom is -0.378 e. The van der Waals surface area contributed by atoms with Crippen LogP contribution in [0, 0.1) is 6.92 Å². The van der Waals surface area contributed by atoms with Gasteiger partial charge >= 0.3 is 0 Å². The molecule has 2 unspecified atom stereocenters. The fraction of sp³-hybridized carbons (Fsp3) is 0.750. The number of ether oxygens (including phenoxy) is 1. The first-order valence-electron chi connectivity index (χ1n) is 6.05. The average Bonchev–Trinajstić information content (AvgIpc) is 2.89. The van der Waals surface area contributed by atoms with Gasteiger partial charge in [0.2, 0.25) is 0 Å². The Kier molecular flexibility index (Phi) is 4.32. The van der Waals surface area contributed by atoms with Gasteiger partial charge in [-0.2, -0.15) is 0 Å². The monoisotopic (exact) mass is 240 g/mol. The van der Waals surface area contributed by atoms with Crippen molar-refractivity contribution in [2.45, 2.75) is 51.2 Å². The average molecular weight is 240 g/mol. The third kappa shape index (κ3) is 3.27. The van der Waals surface area contributed by atoms with E-state index in [4.69, 9.17) is 10.5 Å². The van der Waals surface area contributed by atoms with Gasteiger partial charge in [0.1, 0.15) is 0 Å². The molecule has 2 atom stereocenters. The summed E-state index contributed by atoms with van der Waals surface area (Å²) in [5.74, 6) is 0. The Morgan fingerprint density at radius 1 is 1.69 bits per heavy atom. The molecule has 4 heteroatoms. The van der Waals surface area contributed by atoms with Crippen LogP contribution in [0.25, 0.3) is 0 Å². The molecule has 0 radical (unpaired) electrons. The summed E-state index contributed by atoms with van der Waals surface area (Å²) >= 11 is 1.71. The first-order valence-corrected chi connectivity index (χ1v) is 6.87. The molecule has 3 nitrogen and oxygen atoms in total. The normalized spacial score (nSPS) is 22.5. The number of rotatable bonds is 5. The van der Waals surface area contributed by atoms with E-state index < -0.39 is 0 Å². The molecule has 16 heavy (non-hydrogen) atoms. The van der Waals surface area contributed by atoms with Gasteiger partial charge < -0.3 is 10.5 Å². The van der Waals surface area contributed by atoms with Crippen LogP contribution in [0.3, 0.4) is 0 Å². The van der Waals surface area contributed by atoms with E-state index in [9.17, 15) is 0 Å². The lowest BCUT2D eigenvalue weighted by atomic mass is 10.1. The zero-order chi connectivity index (χ0) is 11.4. The van der Waals surface area contributed by atoms with Crippen molar-refractivity contribution < 1.29 is 4.74 Å². The lowest BCUT2D eigenvalue weighted by molar-refractivity contribution is 0.101. The predicted molar refractivity (Wildman–Crippen MR) is 66.6 cm³/mol. The zero-order valence-electron chi connectivity index (χ0n) is 9.82. The van der Waals surface area contributed by atoms with E-state index in [1.54, 1.807) is 11.3 Å². The molecule has 1 saturated heterocycles. The molecule has 90 valence electrons. The van der Waals surface area contributed by atoms with Gasteiger partial charge in [-0.3, -0.25) is 0 Å². The Morgan fingerprint density at radius 3 is 3.19 bits per heavy atom. The van der Waals surface area contributed by atoms with Crippen LogP contribution < -0.4 is 5.73 Å². The Hall–Kier alpha value is -0.450. The fourth-order valence-electron chi connectivity index (χ4n) is 2.13. The second-order valence-electron chi connectivity index (χ2n) is 4.45. The van der Waals surface area contributed by atoms with Crippen LogP contribution in [0.5, 0.6) is 0 Å². The van der Waals surface area contributed by atoms with Gasteiger partial charge in [-0.15, -0.1) is 11.3 Å². The second-order valence-corrected chi connectivity index (χ2v) is 5.72. The summed E-state index contributed by atoms with van der Waals surface area (Å²) in [6.45, 7) is 2.97. The molecule has 1 aromatic heterocycles. The van der Waals surface area contributed by atoms with Crippen molar-refractivity contribution in [2.24, 2.45) is 5.73 Å². The van der Waals surface area contributed by atoms with Crippen molar-refractivity contribution in [1.82, 2.24) is 4.98 Å². The van der Waals surface area contributed by atoms with Gasteiger partial charge in [0.25, 0.3) is 0 Å². The van der Waals surface area contributed by atoms with E-state index in [1.165, 1.54) is 17.7 Å². The van der Waals surface area contributed by atoms with Crippen molar-refractivity contribution in [3.05, 3.63) is 16.1 Å². The summed E-state index contributed by atoms with van der Waals surface area (Å²) < 4.78 is 5.59. The number of nitrogens with two attached hydrogens (primary N) is 1. The molecule has 1 aliphatic rings. The first-order chi connectivity index (χ1) is 7.75. The maximum absolute atomic E-state index is 6.12. The number of hydrogen-bond acceptors (Lipinski definition) is 4. The smallest absolute Gasteiger partial charge is 0.0897 e. The number of hydrogen-bond donors (Lipinski definition) is 1. The molecule has 2 heterocycles. The summed E-state index contributed by atoms with van der Waals surface area (Å²) in [7, 11) is 0. The number of aromatic nitrogens is 1. The van der Waals surface area contributed by atoms with Crippen molar-refractivity contribution in [2.75, 3.05) is 6.61 Å². The standard InChI is InChI=1S/C12H20N2OS/c1-9-14-8-12(16-9)11(13)6-2-4-10-5-3-7-15-10/h8,10-11H,2-7,13H2,1H3. The molecule has 0 saturated carbocycles. The minimum atomic E-state index is 0.160. The summed E-state index contributed by atoms with van der Waals surface area (Å²) in [5, 5.41) is 1.10.